The molecule has 2 atom stereocenters. The fourth-order valence-electron chi connectivity index (χ4n) is 4.79. The molecule has 2 amide bonds. The van der Waals surface area contributed by atoms with E-state index in [9.17, 15) is 29.4 Å². The van der Waals surface area contributed by atoms with Crippen LogP contribution in [0.1, 0.15) is 40.4 Å². The summed E-state index contributed by atoms with van der Waals surface area (Å²) in [4.78, 5) is 60.3. The van der Waals surface area contributed by atoms with Crippen LogP contribution in [0.25, 0.3) is 0 Å². The minimum absolute atomic E-state index is 0.0306. The van der Waals surface area contributed by atoms with Crippen LogP contribution in [0.4, 0.5) is 5.13 Å². The summed E-state index contributed by atoms with van der Waals surface area (Å²) in [5, 5.41) is 27.6. The summed E-state index contributed by atoms with van der Waals surface area (Å²) in [6.45, 7) is 5.06. The Morgan fingerprint density at radius 3 is 2.59 bits per heavy atom. The van der Waals surface area contributed by atoms with Gasteiger partial charge in [0.25, 0.3) is 11.8 Å². The zero-order valence-corrected chi connectivity index (χ0v) is 25.2. The number of nitrogens with two attached hydrogens (primary N) is 1. The number of aliphatic hydroxyl groups excluding tert-OH is 1. The molecule has 0 saturated carbocycles. The van der Waals surface area contributed by atoms with E-state index in [1.165, 1.54) is 36.1 Å². The van der Waals surface area contributed by atoms with Crippen molar-refractivity contribution in [2.24, 2.45) is 5.16 Å². The molecule has 1 aromatic carbocycles. The Balaban J connectivity index is 1.61. The Kier molecular flexibility index (Phi) is 9.41. The van der Waals surface area contributed by atoms with Crippen LogP contribution in [-0.4, -0.2) is 73.0 Å². The number of thiazole rings is 1. The predicted molar refractivity (Wildman–Crippen MR) is 157 cm³/mol. The number of nitrogens with one attached hydrogen (secondary N) is 1. The Morgan fingerprint density at radius 2 is 2.00 bits per heavy atom. The lowest BCUT2D eigenvalue weighted by Gasteiger charge is -2.49. The Morgan fingerprint density at radius 1 is 1.29 bits per heavy atom. The molecule has 1 fully saturated rings. The SMILES string of the molecule is CO/N=C(/C(=O)N[C@@H]1C(=O)N2C(C(=O)O)=C(Cc3c(C)c(CO)cc(CSC(C)=O)c3C)CS[C@H]12)c1csc(N)n1. The zero-order valence-electron chi connectivity index (χ0n) is 22.7. The first kappa shape index (κ1) is 30.6. The number of nitrogens with zero attached hydrogens (tertiary/aromatic N) is 3. The van der Waals surface area contributed by atoms with E-state index >= 15 is 0 Å². The van der Waals surface area contributed by atoms with E-state index in [2.05, 4.69) is 15.5 Å². The van der Waals surface area contributed by atoms with Crippen LogP contribution in [0.2, 0.25) is 0 Å². The summed E-state index contributed by atoms with van der Waals surface area (Å²) in [5.74, 6) is -1.77. The second kappa shape index (κ2) is 12.6. The van der Waals surface area contributed by atoms with Gasteiger partial charge in [0.2, 0.25) is 0 Å². The largest absolute Gasteiger partial charge is 0.477 e. The fourth-order valence-corrected chi connectivity index (χ4v) is 7.34. The lowest BCUT2D eigenvalue weighted by atomic mass is 9.89. The Bertz CT molecular complexity index is 1490. The number of amides is 2. The number of benzene rings is 1. The zero-order chi connectivity index (χ0) is 30.0. The van der Waals surface area contributed by atoms with Gasteiger partial charge in [0.05, 0.1) is 6.61 Å². The van der Waals surface area contributed by atoms with Gasteiger partial charge in [0.1, 0.15) is 29.9 Å². The number of oxime groups is 1. The van der Waals surface area contributed by atoms with Gasteiger partial charge in [0, 0.05) is 23.8 Å². The number of rotatable bonds is 10. The highest BCUT2D eigenvalue weighted by atomic mass is 32.2. The van der Waals surface area contributed by atoms with E-state index < -0.39 is 29.2 Å². The topological polar surface area (TPSA) is 185 Å². The van der Waals surface area contributed by atoms with Crippen LogP contribution in [0.15, 0.2) is 27.9 Å². The number of anilines is 1. The number of hydrogen-bond acceptors (Lipinski definition) is 12. The molecule has 3 heterocycles. The van der Waals surface area contributed by atoms with Crippen molar-refractivity contribution in [3.05, 3.63) is 56.2 Å². The van der Waals surface area contributed by atoms with Crippen molar-refractivity contribution in [3.63, 3.8) is 0 Å². The summed E-state index contributed by atoms with van der Waals surface area (Å²) in [6.07, 6.45) is 0.251. The molecule has 41 heavy (non-hydrogen) atoms. The van der Waals surface area contributed by atoms with E-state index in [0.29, 0.717) is 22.6 Å². The lowest BCUT2D eigenvalue weighted by molar-refractivity contribution is -0.150. The number of carboxylic acid groups (broad SMARTS) is 1. The number of fused-ring (bicyclic) bond motifs is 1. The van der Waals surface area contributed by atoms with Gasteiger partial charge in [-0.3, -0.25) is 19.3 Å². The van der Waals surface area contributed by atoms with Gasteiger partial charge in [-0.05, 0) is 53.7 Å². The maximum atomic E-state index is 13.2. The van der Waals surface area contributed by atoms with Gasteiger partial charge in [-0.1, -0.05) is 23.0 Å². The monoisotopic (exact) mass is 619 g/mol. The van der Waals surface area contributed by atoms with E-state index in [-0.39, 0.29) is 40.4 Å². The highest BCUT2D eigenvalue weighted by Gasteiger charge is 2.54. The number of thioether (sulfide) groups is 2. The first-order valence-corrected chi connectivity index (χ1v) is 15.3. The molecule has 0 unspecified atom stereocenters. The van der Waals surface area contributed by atoms with E-state index in [1.807, 2.05) is 19.9 Å². The third-order valence-corrected chi connectivity index (χ3v) is 9.78. The lowest BCUT2D eigenvalue weighted by Crippen LogP contribution is -2.71. The molecular formula is C26H29N5O7S3. The third kappa shape index (κ3) is 6.12. The van der Waals surface area contributed by atoms with Crippen LogP contribution < -0.4 is 11.1 Å². The van der Waals surface area contributed by atoms with Crippen molar-refractivity contribution in [1.82, 2.24) is 15.2 Å². The smallest absolute Gasteiger partial charge is 0.352 e. The molecule has 12 nitrogen and oxygen atoms in total. The van der Waals surface area contributed by atoms with Crippen molar-refractivity contribution in [2.75, 3.05) is 18.6 Å². The third-order valence-electron chi connectivity index (χ3n) is 6.91. The predicted octanol–water partition coefficient (Wildman–Crippen LogP) is 1.95. The first-order chi connectivity index (χ1) is 19.5. The molecule has 4 rings (SSSR count). The van der Waals surface area contributed by atoms with E-state index in [1.54, 1.807) is 0 Å². The maximum Gasteiger partial charge on any atom is 0.352 e. The van der Waals surface area contributed by atoms with E-state index in [0.717, 1.165) is 45.4 Å². The van der Waals surface area contributed by atoms with Crippen LogP contribution in [-0.2, 0) is 42.8 Å². The van der Waals surface area contributed by atoms with Crippen molar-refractivity contribution >= 4 is 68.6 Å². The first-order valence-electron chi connectivity index (χ1n) is 12.4. The van der Waals surface area contributed by atoms with Gasteiger partial charge in [0.15, 0.2) is 16.0 Å². The number of carbonyl (C=O) groups is 4. The van der Waals surface area contributed by atoms with Crippen LogP contribution >= 0.6 is 34.9 Å². The van der Waals surface area contributed by atoms with Crippen molar-refractivity contribution in [2.45, 2.75) is 51.0 Å². The molecule has 2 aliphatic heterocycles. The molecular weight excluding hydrogens is 591 g/mol. The van der Waals surface area contributed by atoms with E-state index in [4.69, 9.17) is 10.6 Å². The van der Waals surface area contributed by atoms with Gasteiger partial charge in [-0.2, -0.15) is 0 Å². The summed E-state index contributed by atoms with van der Waals surface area (Å²) < 4.78 is 0. The molecule has 218 valence electrons. The number of nitrogen functional groups attached to an aromatic ring is 1. The average molecular weight is 620 g/mol. The molecule has 2 aromatic rings. The van der Waals surface area contributed by atoms with Gasteiger partial charge in [-0.15, -0.1) is 23.1 Å². The maximum absolute atomic E-state index is 13.2. The minimum atomic E-state index is -1.25. The molecule has 1 aromatic heterocycles. The molecule has 1 saturated heterocycles. The Hall–Kier alpha value is -3.40. The second-order valence-corrected chi connectivity index (χ2v) is 12.5. The van der Waals surface area contributed by atoms with Crippen LogP contribution in [0.3, 0.4) is 0 Å². The quantitative estimate of drug-likeness (QED) is 0.173. The van der Waals surface area contributed by atoms with Crippen molar-refractivity contribution in [3.8, 4) is 0 Å². The molecule has 15 heteroatoms. The number of hydrogen-bond donors (Lipinski definition) is 4. The number of aliphatic hydroxyl groups is 1. The van der Waals surface area contributed by atoms with Crippen LogP contribution in [0.5, 0.6) is 0 Å². The minimum Gasteiger partial charge on any atom is -0.477 e. The number of aliphatic carboxylic acids is 1. The second-order valence-electron chi connectivity index (χ2n) is 9.35. The number of carboxylic acids is 1. The molecule has 0 aliphatic carbocycles. The molecule has 0 spiro atoms. The Labute approximate surface area is 248 Å². The summed E-state index contributed by atoms with van der Waals surface area (Å²) in [6, 6.07) is 0.896. The summed E-state index contributed by atoms with van der Waals surface area (Å²) >= 11 is 3.62. The summed E-state index contributed by atoms with van der Waals surface area (Å²) in [7, 11) is 1.27. The number of aromatic nitrogens is 1. The number of β-lactam (4-membered cyclic amide) rings is 1. The van der Waals surface area contributed by atoms with Gasteiger partial charge >= 0.3 is 5.97 Å². The summed E-state index contributed by atoms with van der Waals surface area (Å²) in [5.41, 5.74) is 10.3. The van der Waals surface area contributed by atoms with Gasteiger partial charge in [-0.25, -0.2) is 9.78 Å². The van der Waals surface area contributed by atoms with Crippen LogP contribution in [0, 0.1) is 13.8 Å². The molecule has 0 bridgehead atoms. The fraction of sp³-hybridized carbons (Fsp3) is 0.385. The molecule has 2 aliphatic rings. The standard InChI is InChI=1S/C26H29N5O7S3/c1-11-14(7-32)5-15(8-39-13(3)33)12(2)17(11)6-16-9-40-24-20(23(35)31(24)21(16)25(36)37)29-22(34)19(30-38-4)18-10-41-26(27)28-18/h5,10,20,24,32H,6-9H2,1-4H3,(H2,27,28)(H,29,34)(H,36,37)/b30-19+/t20-,24-/m1/s1. The molecule has 0 radical (unpaired) electrons. The highest BCUT2D eigenvalue weighted by Crippen LogP contribution is 2.42. The number of carbonyl (C=O) groups excluding carboxylic acids is 3. The van der Waals surface area contributed by atoms with Gasteiger partial charge < -0.3 is 26.1 Å². The van der Waals surface area contributed by atoms with Crippen molar-refractivity contribution < 1.29 is 34.2 Å². The van der Waals surface area contributed by atoms with Crippen molar-refractivity contribution in [1.29, 1.82) is 0 Å². The molecule has 5 N–H and O–H groups in total. The highest BCUT2D eigenvalue weighted by molar-refractivity contribution is 8.12. The normalized spacial score (nSPS) is 18.6. The average Bonchev–Trinajstić information content (AvgIpc) is 3.36.